The lowest BCUT2D eigenvalue weighted by Gasteiger charge is -2.22. The summed E-state index contributed by atoms with van der Waals surface area (Å²) in [7, 11) is 0. The summed E-state index contributed by atoms with van der Waals surface area (Å²) in [5.74, 6) is -0.432. The lowest BCUT2D eigenvalue weighted by Crippen LogP contribution is -2.30. The van der Waals surface area contributed by atoms with Gasteiger partial charge in [-0.3, -0.25) is 10.7 Å². The number of nitrogens with zero attached hydrogens (tertiary/aromatic N) is 2. The molecule has 0 radical (unpaired) electrons. The van der Waals surface area contributed by atoms with Gasteiger partial charge in [0.1, 0.15) is 6.10 Å². The van der Waals surface area contributed by atoms with Gasteiger partial charge in [0.2, 0.25) is 0 Å². The molecular formula is C10H17N3O4. The zero-order valence-corrected chi connectivity index (χ0v) is 9.96. The van der Waals surface area contributed by atoms with Crippen molar-refractivity contribution >= 4 is 6.21 Å². The monoisotopic (exact) mass is 243 g/mol. The van der Waals surface area contributed by atoms with E-state index in [1.807, 2.05) is 13.8 Å². The smallest absolute Gasteiger partial charge is 0.315 e. The lowest BCUT2D eigenvalue weighted by atomic mass is 10.1. The van der Waals surface area contributed by atoms with Gasteiger partial charge in [-0.25, -0.2) is 0 Å². The zero-order chi connectivity index (χ0) is 12.9. The van der Waals surface area contributed by atoms with E-state index in [0.29, 0.717) is 13.2 Å². The van der Waals surface area contributed by atoms with Crippen LogP contribution < -0.4 is 5.73 Å². The third kappa shape index (κ3) is 5.98. The molecule has 0 aliphatic carbocycles. The molecule has 1 saturated heterocycles. The fourth-order valence-corrected chi connectivity index (χ4v) is 0.991. The molecule has 96 valence electrons. The minimum absolute atomic E-state index is 0.211. The maximum atomic E-state index is 10.2. The predicted molar refractivity (Wildman–Crippen MR) is 62.4 cm³/mol. The fraction of sp³-hybridized carbons (Fsp3) is 0.700. The minimum atomic E-state index is -0.669. The lowest BCUT2D eigenvalue weighted by molar-refractivity contribution is -0.426. The topological polar surface area (TPSA) is 103 Å². The van der Waals surface area contributed by atoms with E-state index in [1.165, 1.54) is 6.21 Å². The van der Waals surface area contributed by atoms with Crippen molar-refractivity contribution in [2.75, 3.05) is 19.8 Å². The van der Waals surface area contributed by atoms with Gasteiger partial charge in [0.25, 0.3) is 0 Å². The molecule has 7 heteroatoms. The van der Waals surface area contributed by atoms with Gasteiger partial charge in [-0.05, 0) is 18.8 Å². The Morgan fingerprint density at radius 1 is 1.76 bits per heavy atom. The first-order chi connectivity index (χ1) is 7.91. The van der Waals surface area contributed by atoms with Crippen molar-refractivity contribution < 1.29 is 14.4 Å². The number of ether oxygens (including phenoxy) is 2. The third-order valence-electron chi connectivity index (χ3n) is 2.10. The molecule has 1 fully saturated rings. The summed E-state index contributed by atoms with van der Waals surface area (Å²) in [5, 5.41) is 10.2. The van der Waals surface area contributed by atoms with Crippen molar-refractivity contribution in [3.05, 3.63) is 22.0 Å². The summed E-state index contributed by atoms with van der Waals surface area (Å²) in [6.07, 6.45) is 2.68. The van der Waals surface area contributed by atoms with E-state index in [0.717, 1.165) is 12.7 Å². The van der Waals surface area contributed by atoms with Crippen molar-refractivity contribution in [3.8, 4) is 0 Å². The van der Waals surface area contributed by atoms with E-state index < -0.39 is 16.3 Å². The summed E-state index contributed by atoms with van der Waals surface area (Å²) >= 11 is 0. The predicted octanol–water partition coefficient (Wildman–Crippen LogP) is 0.328. The molecule has 1 rings (SSSR count). The second-order valence-corrected chi connectivity index (χ2v) is 4.36. The van der Waals surface area contributed by atoms with Crippen LogP contribution in [-0.4, -0.2) is 42.6 Å². The van der Waals surface area contributed by atoms with Crippen LogP contribution >= 0.6 is 0 Å². The van der Waals surface area contributed by atoms with E-state index in [-0.39, 0.29) is 6.10 Å². The molecule has 1 aliphatic heterocycles. The van der Waals surface area contributed by atoms with Crippen LogP contribution in [0.15, 0.2) is 16.9 Å². The first kappa shape index (κ1) is 13.6. The molecule has 1 atom stereocenters. The average Bonchev–Trinajstić information content (AvgIpc) is 3.05. The zero-order valence-electron chi connectivity index (χ0n) is 9.96. The SMILES string of the molecule is CC(C)(CN=CC=C(N)[N+](=O)[O-])OCC1CO1. The number of rotatable bonds is 7. The first-order valence-electron chi connectivity index (χ1n) is 5.26. The molecule has 1 unspecified atom stereocenters. The van der Waals surface area contributed by atoms with Gasteiger partial charge in [-0.15, -0.1) is 0 Å². The molecule has 7 nitrogen and oxygen atoms in total. The molecule has 17 heavy (non-hydrogen) atoms. The van der Waals surface area contributed by atoms with Gasteiger partial charge in [-0.2, -0.15) is 0 Å². The Kier molecular flexibility index (Phi) is 4.59. The molecule has 0 aromatic carbocycles. The molecule has 2 N–H and O–H groups in total. The summed E-state index contributed by atoms with van der Waals surface area (Å²) in [6, 6.07) is 0. The molecule has 0 amide bonds. The normalized spacial score (nSPS) is 20.8. The number of aliphatic imine (C=N–C) groups is 1. The van der Waals surface area contributed by atoms with E-state index in [4.69, 9.17) is 15.2 Å². The second-order valence-electron chi connectivity index (χ2n) is 4.36. The van der Waals surface area contributed by atoms with Crippen LogP contribution in [0.5, 0.6) is 0 Å². The molecule has 0 aromatic rings. The Morgan fingerprint density at radius 3 is 2.94 bits per heavy atom. The number of nitro groups is 1. The van der Waals surface area contributed by atoms with Crippen LogP contribution in [0.1, 0.15) is 13.8 Å². The maximum absolute atomic E-state index is 10.2. The Balaban J connectivity index is 2.29. The summed E-state index contributed by atoms with van der Waals surface area (Å²) in [5.41, 5.74) is 4.68. The van der Waals surface area contributed by atoms with Crippen molar-refractivity contribution in [1.82, 2.24) is 0 Å². The Labute approximate surface area is 99.4 Å². The van der Waals surface area contributed by atoms with Crippen molar-refractivity contribution in [2.45, 2.75) is 25.6 Å². The van der Waals surface area contributed by atoms with Crippen LogP contribution in [0.4, 0.5) is 0 Å². The summed E-state index contributed by atoms with van der Waals surface area (Å²) in [6.45, 7) is 5.50. The van der Waals surface area contributed by atoms with Gasteiger partial charge in [0.05, 0.1) is 25.4 Å². The van der Waals surface area contributed by atoms with Crippen molar-refractivity contribution in [1.29, 1.82) is 0 Å². The Hall–Kier alpha value is -1.47. The Morgan fingerprint density at radius 2 is 2.41 bits per heavy atom. The Bertz CT molecular complexity index is 334. The highest BCUT2D eigenvalue weighted by Gasteiger charge is 2.27. The van der Waals surface area contributed by atoms with Gasteiger partial charge in [0.15, 0.2) is 0 Å². The van der Waals surface area contributed by atoms with Crippen LogP contribution in [0.25, 0.3) is 0 Å². The third-order valence-corrected chi connectivity index (χ3v) is 2.10. The molecule has 0 bridgehead atoms. The van der Waals surface area contributed by atoms with E-state index >= 15 is 0 Å². The van der Waals surface area contributed by atoms with Crippen molar-refractivity contribution in [2.24, 2.45) is 10.7 Å². The van der Waals surface area contributed by atoms with Gasteiger partial charge in [0, 0.05) is 12.3 Å². The molecule has 1 heterocycles. The number of hydrogen-bond acceptors (Lipinski definition) is 6. The van der Waals surface area contributed by atoms with Crippen molar-refractivity contribution in [3.63, 3.8) is 0 Å². The fourth-order valence-electron chi connectivity index (χ4n) is 0.991. The number of allylic oxidation sites excluding steroid dienone is 1. The quantitative estimate of drug-likeness (QED) is 0.300. The van der Waals surface area contributed by atoms with E-state index in [1.54, 1.807) is 0 Å². The maximum Gasteiger partial charge on any atom is 0.315 e. The standard InChI is InChI=1S/C10H17N3O4/c1-10(2,17-6-8-5-16-8)7-12-4-3-9(11)13(14)15/h3-4,8H,5-7,11H2,1-2H3. The molecule has 0 saturated carbocycles. The largest absolute Gasteiger partial charge is 0.371 e. The number of nitrogens with two attached hydrogens (primary N) is 1. The number of epoxide rings is 1. The second kappa shape index (κ2) is 5.74. The van der Waals surface area contributed by atoms with Crippen LogP contribution in [0.2, 0.25) is 0 Å². The molecule has 0 spiro atoms. The van der Waals surface area contributed by atoms with Gasteiger partial charge in [-0.1, -0.05) is 0 Å². The minimum Gasteiger partial charge on any atom is -0.371 e. The molecule has 0 aromatic heterocycles. The number of hydrogen-bond donors (Lipinski definition) is 1. The van der Waals surface area contributed by atoms with Gasteiger partial charge >= 0.3 is 5.82 Å². The van der Waals surface area contributed by atoms with Crippen LogP contribution in [0, 0.1) is 10.1 Å². The van der Waals surface area contributed by atoms with E-state index in [9.17, 15) is 10.1 Å². The van der Waals surface area contributed by atoms with Gasteiger partial charge < -0.3 is 19.6 Å². The summed E-state index contributed by atoms with van der Waals surface area (Å²) < 4.78 is 10.6. The average molecular weight is 243 g/mol. The molecule has 1 aliphatic rings. The first-order valence-corrected chi connectivity index (χ1v) is 5.26. The highest BCUT2D eigenvalue weighted by molar-refractivity contribution is 5.71. The summed E-state index contributed by atoms with van der Waals surface area (Å²) in [4.78, 5) is 13.5. The molecular weight excluding hydrogens is 226 g/mol. The van der Waals surface area contributed by atoms with Crippen LogP contribution in [0.3, 0.4) is 0 Å². The van der Waals surface area contributed by atoms with E-state index in [2.05, 4.69) is 4.99 Å². The highest BCUT2D eigenvalue weighted by atomic mass is 16.6. The van der Waals surface area contributed by atoms with Crippen LogP contribution in [-0.2, 0) is 9.47 Å². The highest BCUT2D eigenvalue weighted by Crippen LogP contribution is 2.15.